The number of benzene rings is 1. The zero-order valence-electron chi connectivity index (χ0n) is 11.6. The Kier molecular flexibility index (Phi) is 3.97. The molecule has 0 saturated heterocycles. The number of phenolic OH excluding ortho intramolecular Hbond substituents is 1. The number of amides is 1. The van der Waals surface area contributed by atoms with Gasteiger partial charge in [-0.2, -0.15) is 0 Å². The van der Waals surface area contributed by atoms with E-state index in [0.29, 0.717) is 24.1 Å². The number of aromatic hydroxyl groups is 1. The van der Waals surface area contributed by atoms with Crippen molar-refractivity contribution in [3.63, 3.8) is 0 Å². The van der Waals surface area contributed by atoms with E-state index in [-0.39, 0.29) is 17.6 Å². The molecule has 108 valence electrons. The van der Waals surface area contributed by atoms with E-state index in [1.807, 2.05) is 6.92 Å². The molecule has 20 heavy (non-hydrogen) atoms. The summed E-state index contributed by atoms with van der Waals surface area (Å²) >= 11 is 0. The zero-order chi connectivity index (χ0) is 14.9. The van der Waals surface area contributed by atoms with Crippen molar-refractivity contribution in [2.45, 2.75) is 26.7 Å². The van der Waals surface area contributed by atoms with Crippen LogP contribution in [0.5, 0.6) is 5.75 Å². The van der Waals surface area contributed by atoms with Gasteiger partial charge in [0.2, 0.25) is 5.91 Å². The van der Waals surface area contributed by atoms with Gasteiger partial charge in [0.1, 0.15) is 5.75 Å². The van der Waals surface area contributed by atoms with Crippen LogP contribution in [0.3, 0.4) is 0 Å². The molecule has 1 aliphatic rings. The fourth-order valence-corrected chi connectivity index (χ4v) is 2.82. The third-order valence-corrected chi connectivity index (χ3v) is 3.92. The number of phenols is 1. The Bertz CT molecular complexity index is 541. The number of carboxylic acids is 1. The molecule has 0 spiro atoms. The summed E-state index contributed by atoms with van der Waals surface area (Å²) in [5, 5.41) is 21.4. The first kappa shape index (κ1) is 14.4. The minimum Gasteiger partial charge on any atom is -0.508 e. The minimum absolute atomic E-state index is 0.168. The molecule has 1 saturated carbocycles. The van der Waals surface area contributed by atoms with Crippen molar-refractivity contribution >= 4 is 17.6 Å². The second-order valence-corrected chi connectivity index (χ2v) is 5.62. The number of hydrogen-bond acceptors (Lipinski definition) is 3. The fraction of sp³-hybridized carbons (Fsp3) is 0.467. The summed E-state index contributed by atoms with van der Waals surface area (Å²) in [6, 6.07) is 4.78. The molecule has 0 bridgehead atoms. The Morgan fingerprint density at radius 2 is 1.90 bits per heavy atom. The van der Waals surface area contributed by atoms with Crippen LogP contribution in [0.25, 0.3) is 0 Å². The van der Waals surface area contributed by atoms with Crippen molar-refractivity contribution in [1.82, 2.24) is 0 Å². The number of hydrogen-bond donors (Lipinski definition) is 3. The maximum atomic E-state index is 12.2. The van der Waals surface area contributed by atoms with Gasteiger partial charge in [-0.25, -0.2) is 0 Å². The highest BCUT2D eigenvalue weighted by Gasteiger charge is 2.41. The summed E-state index contributed by atoms with van der Waals surface area (Å²) in [5.74, 6) is -1.85. The molecule has 5 nitrogen and oxygen atoms in total. The van der Waals surface area contributed by atoms with Gasteiger partial charge in [-0.1, -0.05) is 6.92 Å². The van der Waals surface area contributed by atoms with Crippen molar-refractivity contribution in [2.24, 2.45) is 17.8 Å². The Morgan fingerprint density at radius 1 is 1.25 bits per heavy atom. The number of nitrogens with one attached hydrogen (secondary N) is 1. The molecule has 0 aliphatic heterocycles. The van der Waals surface area contributed by atoms with Crippen LogP contribution >= 0.6 is 0 Å². The summed E-state index contributed by atoms with van der Waals surface area (Å²) in [5.41, 5.74) is 1.24. The molecular weight excluding hydrogens is 258 g/mol. The molecule has 2 rings (SSSR count). The first-order chi connectivity index (χ1) is 9.38. The van der Waals surface area contributed by atoms with Crippen LogP contribution in [0.4, 0.5) is 5.69 Å². The Labute approximate surface area is 117 Å². The summed E-state index contributed by atoms with van der Waals surface area (Å²) in [6.07, 6.45) is 1.14. The van der Waals surface area contributed by atoms with E-state index in [9.17, 15) is 19.8 Å². The molecule has 0 aromatic heterocycles. The number of aliphatic carboxylic acids is 1. The quantitative estimate of drug-likeness (QED) is 0.740. The first-order valence-corrected chi connectivity index (χ1v) is 6.71. The van der Waals surface area contributed by atoms with Crippen LogP contribution in [0.2, 0.25) is 0 Å². The average Bonchev–Trinajstić information content (AvgIpc) is 2.76. The Balaban J connectivity index is 2.11. The number of carboxylic acid groups (broad SMARTS) is 1. The molecule has 1 fully saturated rings. The summed E-state index contributed by atoms with van der Waals surface area (Å²) < 4.78 is 0. The average molecular weight is 277 g/mol. The van der Waals surface area contributed by atoms with E-state index in [2.05, 4.69) is 5.32 Å². The Hall–Kier alpha value is -2.04. The zero-order valence-corrected chi connectivity index (χ0v) is 11.6. The van der Waals surface area contributed by atoms with E-state index < -0.39 is 17.8 Å². The van der Waals surface area contributed by atoms with E-state index in [1.54, 1.807) is 19.1 Å². The highest BCUT2D eigenvalue weighted by atomic mass is 16.4. The summed E-state index contributed by atoms with van der Waals surface area (Å²) in [6.45, 7) is 3.70. The lowest BCUT2D eigenvalue weighted by Gasteiger charge is -2.16. The van der Waals surface area contributed by atoms with Crippen molar-refractivity contribution in [3.8, 4) is 5.75 Å². The number of carbonyl (C=O) groups is 2. The number of carbonyl (C=O) groups excluding carboxylic acids is 1. The maximum Gasteiger partial charge on any atom is 0.307 e. The van der Waals surface area contributed by atoms with Crippen molar-refractivity contribution in [3.05, 3.63) is 23.8 Å². The monoisotopic (exact) mass is 277 g/mol. The number of rotatable bonds is 3. The molecule has 3 N–H and O–H groups in total. The van der Waals surface area contributed by atoms with Gasteiger partial charge in [0, 0.05) is 5.69 Å². The number of anilines is 1. The van der Waals surface area contributed by atoms with Gasteiger partial charge in [0.15, 0.2) is 0 Å². The van der Waals surface area contributed by atoms with Gasteiger partial charge in [0.05, 0.1) is 11.8 Å². The standard InChI is InChI=1S/C15H19NO4/c1-8-5-11(12(6-8)15(19)20)14(18)16-10-3-4-13(17)9(2)7-10/h3-4,7-8,11-12,17H,5-6H2,1-2H3,(H,16,18)(H,19,20). The van der Waals surface area contributed by atoms with Crippen LogP contribution in [-0.2, 0) is 9.59 Å². The van der Waals surface area contributed by atoms with Crippen molar-refractivity contribution < 1.29 is 19.8 Å². The van der Waals surface area contributed by atoms with Crippen LogP contribution in [0, 0.1) is 24.7 Å². The third-order valence-electron chi connectivity index (χ3n) is 3.92. The van der Waals surface area contributed by atoms with Gasteiger partial charge in [-0.15, -0.1) is 0 Å². The fourth-order valence-electron chi connectivity index (χ4n) is 2.82. The molecule has 0 heterocycles. The maximum absolute atomic E-state index is 12.2. The lowest BCUT2D eigenvalue weighted by Crippen LogP contribution is -2.30. The largest absolute Gasteiger partial charge is 0.508 e. The van der Waals surface area contributed by atoms with Crippen LogP contribution in [-0.4, -0.2) is 22.1 Å². The van der Waals surface area contributed by atoms with Gasteiger partial charge in [-0.3, -0.25) is 9.59 Å². The van der Waals surface area contributed by atoms with Crippen molar-refractivity contribution in [1.29, 1.82) is 0 Å². The molecule has 0 radical (unpaired) electrons. The van der Waals surface area contributed by atoms with E-state index in [0.717, 1.165) is 0 Å². The summed E-state index contributed by atoms with van der Waals surface area (Å²) in [7, 11) is 0. The van der Waals surface area contributed by atoms with Gasteiger partial charge >= 0.3 is 5.97 Å². The second kappa shape index (κ2) is 5.53. The predicted octanol–water partition coefficient (Wildman–Crippen LogP) is 2.39. The van der Waals surface area contributed by atoms with E-state index in [4.69, 9.17) is 0 Å². The highest BCUT2D eigenvalue weighted by molar-refractivity contribution is 5.95. The third kappa shape index (κ3) is 2.92. The molecule has 1 amide bonds. The highest BCUT2D eigenvalue weighted by Crippen LogP contribution is 2.37. The van der Waals surface area contributed by atoms with Gasteiger partial charge in [-0.05, 0) is 49.4 Å². The molecule has 3 unspecified atom stereocenters. The molecule has 5 heteroatoms. The van der Waals surface area contributed by atoms with Gasteiger partial charge in [0.25, 0.3) is 0 Å². The molecule has 1 aliphatic carbocycles. The van der Waals surface area contributed by atoms with Crippen LogP contribution in [0.15, 0.2) is 18.2 Å². The molecular formula is C15H19NO4. The topological polar surface area (TPSA) is 86.6 Å². The molecule has 3 atom stereocenters. The summed E-state index contributed by atoms with van der Waals surface area (Å²) in [4.78, 5) is 23.4. The lowest BCUT2D eigenvalue weighted by atomic mass is 9.95. The van der Waals surface area contributed by atoms with Crippen molar-refractivity contribution in [2.75, 3.05) is 5.32 Å². The van der Waals surface area contributed by atoms with Crippen LogP contribution < -0.4 is 5.32 Å². The second-order valence-electron chi connectivity index (χ2n) is 5.62. The minimum atomic E-state index is -0.906. The van der Waals surface area contributed by atoms with E-state index >= 15 is 0 Å². The normalized spacial score (nSPS) is 25.4. The Morgan fingerprint density at radius 3 is 2.50 bits per heavy atom. The smallest absolute Gasteiger partial charge is 0.307 e. The number of aryl methyl sites for hydroxylation is 1. The molecule has 1 aromatic rings. The SMILES string of the molecule is Cc1cc(NC(=O)C2CC(C)CC2C(=O)O)ccc1O. The van der Waals surface area contributed by atoms with Crippen LogP contribution in [0.1, 0.15) is 25.3 Å². The first-order valence-electron chi connectivity index (χ1n) is 6.71. The molecule has 1 aromatic carbocycles. The van der Waals surface area contributed by atoms with Gasteiger partial charge < -0.3 is 15.5 Å². The van der Waals surface area contributed by atoms with E-state index in [1.165, 1.54) is 6.07 Å². The lowest BCUT2D eigenvalue weighted by molar-refractivity contribution is -0.145. The predicted molar refractivity (Wildman–Crippen MR) is 74.5 cm³/mol.